The number of benzene rings is 2. The van der Waals surface area contributed by atoms with Crippen molar-refractivity contribution in [3.8, 4) is 0 Å². The van der Waals surface area contributed by atoms with E-state index >= 15 is 0 Å². The van der Waals surface area contributed by atoms with Gasteiger partial charge < -0.3 is 18.6 Å². The van der Waals surface area contributed by atoms with E-state index in [1.165, 1.54) is 0 Å². The minimum atomic E-state index is -4.47. The third-order valence-electron chi connectivity index (χ3n) is 8.26. The van der Waals surface area contributed by atoms with E-state index in [-0.39, 0.29) is 18.6 Å². The highest BCUT2D eigenvalue weighted by atomic mass is 19.4. The Balaban J connectivity index is 1.09. The van der Waals surface area contributed by atoms with Crippen LogP contribution in [0.4, 0.5) is 18.0 Å². The van der Waals surface area contributed by atoms with Gasteiger partial charge >= 0.3 is 12.2 Å². The number of para-hydroxylation sites is 2. The minimum Gasteiger partial charge on any atom is -0.460 e. The van der Waals surface area contributed by atoms with Gasteiger partial charge in [-0.1, -0.05) is 36.4 Å². The molecule has 216 valence electrons. The Morgan fingerprint density at radius 2 is 1.55 bits per heavy atom. The average Bonchev–Trinajstić information content (AvgIpc) is 3.73. The minimum absolute atomic E-state index is 0.0472. The Bertz CT molecular complexity index is 1620. The van der Waals surface area contributed by atoms with Crippen LogP contribution < -0.4 is 0 Å². The molecule has 3 aromatic heterocycles. The number of likely N-dealkylation sites (tertiary alicyclic amines) is 1. The SMILES string of the molecule is O=C(N1CCc2ncc(C(F)(F)F)cc2C1)N1CCC(N(Cc2cc3ccccc3o2)Cc2cc3ccccc3o2)C1. The molecular weight excluding hydrogens is 545 g/mol. The van der Waals surface area contributed by atoms with Crippen molar-refractivity contribution in [1.82, 2.24) is 19.7 Å². The van der Waals surface area contributed by atoms with Gasteiger partial charge in [-0.25, -0.2) is 4.79 Å². The number of nitrogens with zero attached hydrogens (tertiary/aromatic N) is 4. The molecule has 0 N–H and O–H groups in total. The number of aromatic nitrogens is 1. The monoisotopic (exact) mass is 574 g/mol. The standard InChI is InChI=1S/C32H29F3N4O3/c33-32(34,35)24-13-23-17-37(12-10-28(23)36-16-24)31(40)38-11-9-25(18-38)39(19-26-14-21-5-1-3-7-29(21)41-26)20-27-15-22-6-2-4-8-30(22)42-27/h1-8,13-16,25H,9-12,17-20H2. The number of rotatable bonds is 5. The largest absolute Gasteiger partial charge is 0.460 e. The number of alkyl halides is 3. The predicted octanol–water partition coefficient (Wildman–Crippen LogP) is 6.85. The summed E-state index contributed by atoms with van der Waals surface area (Å²) in [5.41, 5.74) is 1.94. The second-order valence-corrected chi connectivity index (χ2v) is 11.1. The number of halogens is 3. The van der Waals surface area contributed by atoms with Gasteiger partial charge in [0.05, 0.1) is 18.7 Å². The van der Waals surface area contributed by atoms with Gasteiger partial charge in [0.15, 0.2) is 0 Å². The number of pyridine rings is 1. The van der Waals surface area contributed by atoms with Crippen LogP contribution in [-0.2, 0) is 32.2 Å². The zero-order chi connectivity index (χ0) is 28.8. The molecule has 5 aromatic rings. The maximum Gasteiger partial charge on any atom is 0.417 e. The van der Waals surface area contributed by atoms with E-state index in [0.29, 0.717) is 50.4 Å². The molecule has 0 bridgehead atoms. The number of carbonyl (C=O) groups is 1. The van der Waals surface area contributed by atoms with Gasteiger partial charge in [0.25, 0.3) is 0 Å². The molecule has 42 heavy (non-hydrogen) atoms. The number of furan rings is 2. The van der Waals surface area contributed by atoms with Crippen LogP contribution in [0.1, 0.15) is 34.8 Å². The smallest absolute Gasteiger partial charge is 0.417 e. The number of hydrogen-bond donors (Lipinski definition) is 0. The topological polar surface area (TPSA) is 66.0 Å². The highest BCUT2D eigenvalue weighted by Gasteiger charge is 2.36. The molecule has 0 spiro atoms. The van der Waals surface area contributed by atoms with Crippen LogP contribution in [0.15, 0.2) is 81.8 Å². The zero-order valence-electron chi connectivity index (χ0n) is 22.8. The summed E-state index contributed by atoms with van der Waals surface area (Å²) >= 11 is 0. The molecule has 7 nitrogen and oxygen atoms in total. The lowest BCUT2D eigenvalue weighted by atomic mass is 10.0. The lowest BCUT2D eigenvalue weighted by molar-refractivity contribution is -0.137. The number of amides is 2. The van der Waals surface area contributed by atoms with E-state index in [2.05, 4.69) is 9.88 Å². The van der Waals surface area contributed by atoms with Crippen molar-refractivity contribution in [2.24, 2.45) is 0 Å². The maximum absolute atomic E-state index is 13.6. The Morgan fingerprint density at radius 3 is 2.17 bits per heavy atom. The molecule has 2 aliphatic heterocycles. The maximum atomic E-state index is 13.6. The van der Waals surface area contributed by atoms with Crippen LogP contribution in [0, 0.1) is 0 Å². The van der Waals surface area contributed by atoms with Crippen molar-refractivity contribution in [2.45, 2.75) is 44.7 Å². The van der Waals surface area contributed by atoms with Gasteiger partial charge in [0, 0.05) is 61.3 Å². The van der Waals surface area contributed by atoms with Crippen molar-refractivity contribution in [1.29, 1.82) is 0 Å². The first-order valence-corrected chi connectivity index (χ1v) is 14.1. The van der Waals surface area contributed by atoms with E-state index < -0.39 is 11.7 Å². The van der Waals surface area contributed by atoms with Crippen LogP contribution in [-0.4, -0.2) is 51.4 Å². The van der Waals surface area contributed by atoms with Crippen molar-refractivity contribution >= 4 is 28.0 Å². The fourth-order valence-corrected chi connectivity index (χ4v) is 6.10. The van der Waals surface area contributed by atoms with E-state index in [0.717, 1.165) is 52.1 Å². The van der Waals surface area contributed by atoms with Gasteiger partial charge in [-0.3, -0.25) is 9.88 Å². The molecule has 0 saturated carbocycles. The fourth-order valence-electron chi connectivity index (χ4n) is 6.10. The van der Waals surface area contributed by atoms with Gasteiger partial charge in [0.2, 0.25) is 0 Å². The van der Waals surface area contributed by atoms with E-state index in [9.17, 15) is 18.0 Å². The highest BCUT2D eigenvalue weighted by Crippen LogP contribution is 2.32. The summed E-state index contributed by atoms with van der Waals surface area (Å²) in [6.07, 6.45) is -2.41. The first-order valence-electron chi connectivity index (χ1n) is 14.1. The number of hydrogen-bond acceptors (Lipinski definition) is 5. The molecule has 5 heterocycles. The first kappa shape index (κ1) is 26.6. The average molecular weight is 575 g/mol. The van der Waals surface area contributed by atoms with Crippen LogP contribution >= 0.6 is 0 Å². The summed E-state index contributed by atoms with van der Waals surface area (Å²) in [5, 5.41) is 2.07. The van der Waals surface area contributed by atoms with E-state index in [4.69, 9.17) is 8.83 Å². The third-order valence-corrected chi connectivity index (χ3v) is 8.26. The Hall–Kier alpha value is -4.31. The molecule has 2 amide bonds. The van der Waals surface area contributed by atoms with E-state index in [1.807, 2.05) is 60.7 Å². The quantitative estimate of drug-likeness (QED) is 0.230. The number of urea groups is 1. The van der Waals surface area contributed by atoms with Gasteiger partial charge in [0.1, 0.15) is 22.7 Å². The summed E-state index contributed by atoms with van der Waals surface area (Å²) in [6, 6.07) is 20.9. The molecule has 10 heteroatoms. The lowest BCUT2D eigenvalue weighted by Gasteiger charge is -2.33. The molecule has 1 unspecified atom stereocenters. The molecule has 2 aromatic carbocycles. The van der Waals surface area contributed by atoms with Crippen LogP contribution in [0.5, 0.6) is 0 Å². The number of carbonyl (C=O) groups excluding carboxylic acids is 1. The summed E-state index contributed by atoms with van der Waals surface area (Å²) in [4.78, 5) is 23.3. The molecular formula is C32H29F3N4O3. The second kappa shape index (κ2) is 10.5. The molecule has 1 saturated heterocycles. The Labute approximate surface area is 240 Å². The Morgan fingerprint density at radius 1 is 0.905 bits per heavy atom. The van der Waals surface area contributed by atoms with Gasteiger partial charge in [-0.05, 0) is 42.3 Å². The Kier molecular flexibility index (Phi) is 6.65. The fraction of sp³-hybridized carbons (Fsp3) is 0.312. The third kappa shape index (κ3) is 5.22. The van der Waals surface area contributed by atoms with Crippen molar-refractivity contribution < 1.29 is 26.8 Å². The molecule has 1 fully saturated rings. The number of fused-ring (bicyclic) bond motifs is 3. The predicted molar refractivity (Wildman–Crippen MR) is 150 cm³/mol. The van der Waals surface area contributed by atoms with Gasteiger partial charge in [-0.15, -0.1) is 0 Å². The highest BCUT2D eigenvalue weighted by molar-refractivity contribution is 5.78. The molecule has 7 rings (SSSR count). The molecule has 1 atom stereocenters. The van der Waals surface area contributed by atoms with Crippen molar-refractivity contribution in [2.75, 3.05) is 19.6 Å². The van der Waals surface area contributed by atoms with Crippen molar-refractivity contribution in [3.05, 3.63) is 101 Å². The summed E-state index contributed by atoms with van der Waals surface area (Å²) in [5.74, 6) is 1.66. The summed E-state index contributed by atoms with van der Waals surface area (Å²) in [6.45, 7) is 2.69. The summed E-state index contributed by atoms with van der Waals surface area (Å²) in [7, 11) is 0. The molecule has 0 aliphatic carbocycles. The molecule has 0 radical (unpaired) electrons. The van der Waals surface area contributed by atoms with Crippen LogP contribution in [0.3, 0.4) is 0 Å². The van der Waals surface area contributed by atoms with Crippen LogP contribution in [0.25, 0.3) is 21.9 Å². The summed E-state index contributed by atoms with van der Waals surface area (Å²) < 4.78 is 52.1. The normalized spacial score (nSPS) is 17.5. The van der Waals surface area contributed by atoms with Crippen LogP contribution in [0.2, 0.25) is 0 Å². The van der Waals surface area contributed by atoms with Crippen molar-refractivity contribution in [3.63, 3.8) is 0 Å². The van der Waals surface area contributed by atoms with E-state index in [1.54, 1.807) is 9.80 Å². The second-order valence-electron chi connectivity index (χ2n) is 11.1. The molecule has 2 aliphatic rings. The van der Waals surface area contributed by atoms with Gasteiger partial charge in [-0.2, -0.15) is 13.2 Å². The zero-order valence-corrected chi connectivity index (χ0v) is 22.8. The lowest BCUT2D eigenvalue weighted by Crippen LogP contribution is -2.46. The first-order chi connectivity index (χ1) is 20.3.